The minimum absolute atomic E-state index is 0.0145. The Morgan fingerprint density at radius 3 is 2.57 bits per heavy atom. The van der Waals surface area contributed by atoms with Gasteiger partial charge in [-0.2, -0.15) is 0 Å². The molecule has 6 heteroatoms. The molecular formula is C15H22BrNO4. The first kappa shape index (κ1) is 17.8. The summed E-state index contributed by atoms with van der Waals surface area (Å²) in [4.78, 5) is 12.1. The molecule has 1 rings (SSSR count). The number of methoxy groups -OCH3 is 3. The van der Waals surface area contributed by atoms with E-state index in [0.29, 0.717) is 31.1 Å². The Balaban J connectivity index is 2.44. The standard InChI is InChI=1S/C15H22BrNO4/c1-19-10-12(16)6-7-17-15(18)9-11-4-5-13(20-2)14(8-11)21-3/h4-5,8,12H,6-7,9-10H2,1-3H3,(H,17,18). The molecule has 1 atom stereocenters. The van der Waals surface area contributed by atoms with Gasteiger partial charge in [0.1, 0.15) is 0 Å². The van der Waals surface area contributed by atoms with Crippen molar-refractivity contribution < 1.29 is 19.0 Å². The molecule has 1 N–H and O–H groups in total. The molecular weight excluding hydrogens is 338 g/mol. The monoisotopic (exact) mass is 359 g/mol. The second kappa shape index (κ2) is 9.63. The molecule has 1 aromatic carbocycles. The molecule has 0 aromatic heterocycles. The lowest BCUT2D eigenvalue weighted by atomic mass is 10.1. The van der Waals surface area contributed by atoms with E-state index in [4.69, 9.17) is 14.2 Å². The molecule has 0 radical (unpaired) electrons. The van der Waals surface area contributed by atoms with Crippen LogP contribution in [0.2, 0.25) is 0 Å². The third-order valence-electron chi connectivity index (χ3n) is 2.94. The van der Waals surface area contributed by atoms with E-state index in [-0.39, 0.29) is 10.7 Å². The van der Waals surface area contributed by atoms with Crippen molar-refractivity contribution in [1.82, 2.24) is 5.32 Å². The molecule has 0 aliphatic heterocycles. The van der Waals surface area contributed by atoms with Crippen LogP contribution in [0.4, 0.5) is 0 Å². The number of ether oxygens (including phenoxy) is 3. The van der Waals surface area contributed by atoms with Gasteiger partial charge in [0.15, 0.2) is 11.5 Å². The topological polar surface area (TPSA) is 56.8 Å². The summed E-state index contributed by atoms with van der Waals surface area (Å²) < 4.78 is 15.4. The number of rotatable bonds is 9. The summed E-state index contributed by atoms with van der Waals surface area (Å²) in [7, 11) is 4.82. The van der Waals surface area contributed by atoms with Gasteiger partial charge in [-0.15, -0.1) is 0 Å². The van der Waals surface area contributed by atoms with Crippen molar-refractivity contribution in [2.45, 2.75) is 17.7 Å². The van der Waals surface area contributed by atoms with Gasteiger partial charge >= 0.3 is 0 Å². The summed E-state index contributed by atoms with van der Waals surface area (Å²) in [5, 5.41) is 2.89. The number of hydrogen-bond donors (Lipinski definition) is 1. The number of hydrogen-bond acceptors (Lipinski definition) is 4. The van der Waals surface area contributed by atoms with E-state index >= 15 is 0 Å². The summed E-state index contributed by atoms with van der Waals surface area (Å²) in [5.41, 5.74) is 0.887. The lowest BCUT2D eigenvalue weighted by Gasteiger charge is -2.11. The van der Waals surface area contributed by atoms with Crippen LogP contribution in [-0.2, 0) is 16.0 Å². The van der Waals surface area contributed by atoms with E-state index in [2.05, 4.69) is 21.2 Å². The van der Waals surface area contributed by atoms with Crippen molar-refractivity contribution in [3.8, 4) is 11.5 Å². The molecule has 118 valence electrons. The zero-order valence-corrected chi connectivity index (χ0v) is 14.2. The van der Waals surface area contributed by atoms with Crippen LogP contribution in [0.15, 0.2) is 18.2 Å². The van der Waals surface area contributed by atoms with E-state index in [1.54, 1.807) is 27.4 Å². The smallest absolute Gasteiger partial charge is 0.224 e. The number of carbonyl (C=O) groups excluding carboxylic acids is 1. The molecule has 1 amide bonds. The van der Waals surface area contributed by atoms with Crippen LogP contribution in [0.25, 0.3) is 0 Å². The predicted octanol–water partition coefficient (Wildman–Crippen LogP) is 2.16. The summed E-state index contributed by atoms with van der Waals surface area (Å²) in [5.74, 6) is 1.27. The van der Waals surface area contributed by atoms with Gasteiger partial charge in [0, 0.05) is 18.5 Å². The summed E-state index contributed by atoms with van der Waals surface area (Å²) >= 11 is 3.48. The predicted molar refractivity (Wildman–Crippen MR) is 85.5 cm³/mol. The molecule has 0 bridgehead atoms. The Hall–Kier alpha value is -1.27. The van der Waals surface area contributed by atoms with E-state index in [0.717, 1.165) is 12.0 Å². The lowest BCUT2D eigenvalue weighted by molar-refractivity contribution is -0.120. The maximum absolute atomic E-state index is 11.9. The van der Waals surface area contributed by atoms with Crippen LogP contribution in [0.3, 0.4) is 0 Å². The largest absolute Gasteiger partial charge is 0.493 e. The molecule has 5 nitrogen and oxygen atoms in total. The Morgan fingerprint density at radius 1 is 1.24 bits per heavy atom. The highest BCUT2D eigenvalue weighted by molar-refractivity contribution is 9.09. The van der Waals surface area contributed by atoms with Gasteiger partial charge < -0.3 is 19.5 Å². The number of alkyl halides is 1. The Kier molecular flexibility index (Phi) is 8.15. The van der Waals surface area contributed by atoms with Crippen LogP contribution in [-0.4, -0.2) is 45.2 Å². The molecule has 0 aliphatic carbocycles. The maximum atomic E-state index is 11.9. The average molecular weight is 360 g/mol. The Morgan fingerprint density at radius 2 is 1.95 bits per heavy atom. The summed E-state index contributed by atoms with van der Waals surface area (Å²) in [6.07, 6.45) is 1.14. The molecule has 1 aromatic rings. The van der Waals surface area contributed by atoms with Crippen LogP contribution in [0, 0.1) is 0 Å². The highest BCUT2D eigenvalue weighted by atomic mass is 79.9. The van der Waals surface area contributed by atoms with Crippen molar-refractivity contribution in [2.75, 3.05) is 34.5 Å². The van der Waals surface area contributed by atoms with Crippen LogP contribution in [0.5, 0.6) is 11.5 Å². The minimum atomic E-state index is -0.0145. The van der Waals surface area contributed by atoms with Gasteiger partial charge in [0.25, 0.3) is 0 Å². The third kappa shape index (κ3) is 6.35. The first-order chi connectivity index (χ1) is 10.1. The Labute approximate surface area is 134 Å². The Bertz CT molecular complexity index is 453. The average Bonchev–Trinajstić information content (AvgIpc) is 2.47. The molecule has 21 heavy (non-hydrogen) atoms. The van der Waals surface area contributed by atoms with E-state index < -0.39 is 0 Å². The second-order valence-electron chi connectivity index (χ2n) is 4.56. The fourth-order valence-corrected chi connectivity index (χ4v) is 2.36. The molecule has 1 unspecified atom stereocenters. The molecule has 0 fully saturated rings. The fraction of sp³-hybridized carbons (Fsp3) is 0.533. The number of nitrogens with one attached hydrogen (secondary N) is 1. The second-order valence-corrected chi connectivity index (χ2v) is 5.85. The molecule has 0 aliphatic rings. The molecule has 0 spiro atoms. The summed E-state index contributed by atoms with van der Waals surface area (Å²) in [6, 6.07) is 5.48. The van der Waals surface area contributed by atoms with E-state index in [9.17, 15) is 4.79 Å². The van der Waals surface area contributed by atoms with Gasteiger partial charge in [0.2, 0.25) is 5.91 Å². The number of carbonyl (C=O) groups is 1. The normalized spacial score (nSPS) is 11.8. The zero-order chi connectivity index (χ0) is 15.7. The van der Waals surface area contributed by atoms with Crippen molar-refractivity contribution >= 4 is 21.8 Å². The molecule has 0 heterocycles. The highest BCUT2D eigenvalue weighted by Gasteiger charge is 2.09. The maximum Gasteiger partial charge on any atom is 0.224 e. The van der Waals surface area contributed by atoms with Crippen LogP contribution in [0.1, 0.15) is 12.0 Å². The molecule has 0 saturated heterocycles. The first-order valence-electron chi connectivity index (χ1n) is 6.71. The van der Waals surface area contributed by atoms with Crippen molar-refractivity contribution in [3.05, 3.63) is 23.8 Å². The van der Waals surface area contributed by atoms with Gasteiger partial charge in [-0.05, 0) is 24.1 Å². The first-order valence-corrected chi connectivity index (χ1v) is 7.62. The summed E-state index contributed by atoms with van der Waals surface area (Å²) in [6.45, 7) is 1.25. The SMILES string of the molecule is COCC(Br)CCNC(=O)Cc1ccc(OC)c(OC)c1. The number of halogens is 1. The van der Waals surface area contributed by atoms with Crippen molar-refractivity contribution in [2.24, 2.45) is 0 Å². The fourth-order valence-electron chi connectivity index (χ4n) is 1.87. The number of benzene rings is 1. The van der Waals surface area contributed by atoms with Crippen molar-refractivity contribution in [3.63, 3.8) is 0 Å². The highest BCUT2D eigenvalue weighted by Crippen LogP contribution is 2.27. The zero-order valence-electron chi connectivity index (χ0n) is 12.6. The molecule has 0 saturated carbocycles. The quantitative estimate of drug-likeness (QED) is 0.686. The van der Waals surface area contributed by atoms with Gasteiger partial charge in [-0.25, -0.2) is 0 Å². The van der Waals surface area contributed by atoms with Crippen molar-refractivity contribution in [1.29, 1.82) is 0 Å². The van der Waals surface area contributed by atoms with E-state index in [1.165, 1.54) is 0 Å². The van der Waals surface area contributed by atoms with Gasteiger partial charge in [-0.3, -0.25) is 4.79 Å². The minimum Gasteiger partial charge on any atom is -0.493 e. The van der Waals surface area contributed by atoms with E-state index in [1.807, 2.05) is 12.1 Å². The van der Waals surface area contributed by atoms with Gasteiger partial charge in [0.05, 0.1) is 27.2 Å². The van der Waals surface area contributed by atoms with Crippen LogP contribution >= 0.6 is 15.9 Å². The number of amides is 1. The third-order valence-corrected chi connectivity index (χ3v) is 3.66. The lowest BCUT2D eigenvalue weighted by Crippen LogP contribution is -2.28. The van der Waals surface area contributed by atoms with Gasteiger partial charge in [-0.1, -0.05) is 22.0 Å². The van der Waals surface area contributed by atoms with Crippen LogP contribution < -0.4 is 14.8 Å².